The fourth-order valence-corrected chi connectivity index (χ4v) is 8.20. The molecule has 0 aliphatic heterocycles. The van der Waals surface area contributed by atoms with E-state index in [1.807, 2.05) is 6.20 Å². The Labute approximate surface area is 269 Å². The molecule has 1 heterocycles. The molecule has 0 saturated heterocycles. The van der Waals surface area contributed by atoms with Crippen LogP contribution in [0.2, 0.25) is 0 Å². The van der Waals surface area contributed by atoms with E-state index in [2.05, 4.69) is 103 Å². The van der Waals surface area contributed by atoms with Crippen LogP contribution in [-0.2, 0) is 20.1 Å². The van der Waals surface area contributed by atoms with Crippen LogP contribution in [0.1, 0.15) is 116 Å². The molecule has 4 unspecified atom stereocenters. The van der Waals surface area contributed by atoms with Gasteiger partial charge in [-0.25, -0.2) is 0 Å². The summed E-state index contributed by atoms with van der Waals surface area (Å²) < 4.78 is 0. The van der Waals surface area contributed by atoms with E-state index in [1.165, 1.54) is 34.7 Å². The van der Waals surface area contributed by atoms with Crippen molar-refractivity contribution in [3.05, 3.63) is 65.4 Å². The number of hydrogen-bond acceptors (Lipinski definition) is 3. The number of aliphatic hydroxyl groups excluding tert-OH is 2. The molecular weight excluding hydrogens is 695 g/mol. The SMILES string of the molecule is CCC1(CC)CCCC2CC(CC)(CC)C(O)C2C1O.Cc1[c-]c(-c2nccc3ccc(C(C)C)cc23)cc(C)c1.[Ir]. The summed E-state index contributed by atoms with van der Waals surface area (Å²) in [5.41, 5.74) is 5.96. The number of benzene rings is 2. The minimum Gasteiger partial charge on any atom is -0.392 e. The maximum Gasteiger partial charge on any atom is 0.0651 e. The molecule has 3 aromatic rings. The predicted octanol–water partition coefficient (Wildman–Crippen LogP) is 9.58. The van der Waals surface area contributed by atoms with Crippen molar-refractivity contribution in [3.8, 4) is 11.3 Å². The minimum atomic E-state index is -0.319. The van der Waals surface area contributed by atoms with Gasteiger partial charge in [0.15, 0.2) is 0 Å². The number of nitrogens with zero attached hydrogens (tertiary/aromatic N) is 1. The zero-order chi connectivity index (χ0) is 29.9. The number of hydrogen-bond donors (Lipinski definition) is 2. The van der Waals surface area contributed by atoms with Crippen molar-refractivity contribution in [3.63, 3.8) is 0 Å². The van der Waals surface area contributed by atoms with Crippen molar-refractivity contribution in [1.29, 1.82) is 0 Å². The average Bonchev–Trinajstić information content (AvgIpc) is 3.17. The van der Waals surface area contributed by atoms with Crippen molar-refractivity contribution in [2.75, 3.05) is 0 Å². The quantitative estimate of drug-likeness (QED) is 0.247. The summed E-state index contributed by atoms with van der Waals surface area (Å²) >= 11 is 0. The molecule has 0 amide bonds. The van der Waals surface area contributed by atoms with Gasteiger partial charge in [0.2, 0.25) is 0 Å². The molecule has 4 heteroatoms. The molecule has 2 N–H and O–H groups in total. The van der Waals surface area contributed by atoms with E-state index in [0.717, 1.165) is 55.3 Å². The Morgan fingerprint density at radius 3 is 2.14 bits per heavy atom. The smallest absolute Gasteiger partial charge is 0.0651 e. The first-order valence-corrected chi connectivity index (χ1v) is 16.3. The first-order chi connectivity index (χ1) is 19.5. The van der Waals surface area contributed by atoms with Gasteiger partial charge in [0.25, 0.3) is 0 Å². The molecule has 233 valence electrons. The molecule has 0 bridgehead atoms. The molecule has 1 radical (unpaired) electrons. The van der Waals surface area contributed by atoms with Crippen LogP contribution < -0.4 is 0 Å². The van der Waals surface area contributed by atoms with Crippen LogP contribution in [0.25, 0.3) is 22.0 Å². The van der Waals surface area contributed by atoms with E-state index in [0.29, 0.717) is 11.8 Å². The van der Waals surface area contributed by atoms with Gasteiger partial charge in [-0.1, -0.05) is 80.0 Å². The van der Waals surface area contributed by atoms with Gasteiger partial charge in [0, 0.05) is 32.2 Å². The zero-order valence-electron chi connectivity index (χ0n) is 27.3. The molecule has 2 aromatic carbocycles. The molecule has 2 aliphatic carbocycles. The third kappa shape index (κ3) is 6.73. The molecule has 42 heavy (non-hydrogen) atoms. The summed E-state index contributed by atoms with van der Waals surface area (Å²) in [7, 11) is 0. The van der Waals surface area contributed by atoms with Crippen LogP contribution in [0.4, 0.5) is 0 Å². The molecule has 2 aliphatic rings. The van der Waals surface area contributed by atoms with Gasteiger partial charge < -0.3 is 15.2 Å². The van der Waals surface area contributed by atoms with E-state index >= 15 is 0 Å². The molecule has 3 nitrogen and oxygen atoms in total. The van der Waals surface area contributed by atoms with E-state index in [9.17, 15) is 10.2 Å². The Bertz CT molecular complexity index is 1290. The fraction of sp³-hybridized carbons (Fsp3) is 0.605. The Balaban J connectivity index is 0.000000225. The van der Waals surface area contributed by atoms with Crippen molar-refractivity contribution in [2.24, 2.45) is 22.7 Å². The summed E-state index contributed by atoms with van der Waals surface area (Å²) in [6.45, 7) is 17.5. The van der Waals surface area contributed by atoms with Crippen molar-refractivity contribution >= 4 is 10.8 Å². The first kappa shape index (κ1) is 34.9. The zero-order valence-corrected chi connectivity index (χ0v) is 29.7. The molecule has 2 fully saturated rings. The van der Waals surface area contributed by atoms with Gasteiger partial charge in [-0.15, -0.1) is 34.9 Å². The van der Waals surface area contributed by atoms with E-state index < -0.39 is 0 Å². The maximum absolute atomic E-state index is 11.1. The summed E-state index contributed by atoms with van der Waals surface area (Å²) in [5.74, 6) is 1.16. The number of rotatable bonds is 6. The topological polar surface area (TPSA) is 53.4 Å². The van der Waals surface area contributed by atoms with Crippen molar-refractivity contribution in [2.45, 2.75) is 125 Å². The Morgan fingerprint density at radius 1 is 0.905 bits per heavy atom. The molecule has 1 aromatic heterocycles. The van der Waals surface area contributed by atoms with Gasteiger partial charge in [0.05, 0.1) is 12.2 Å². The Kier molecular flexibility index (Phi) is 12.0. The molecule has 2 saturated carbocycles. The summed E-state index contributed by atoms with van der Waals surface area (Å²) in [4.78, 5) is 4.63. The summed E-state index contributed by atoms with van der Waals surface area (Å²) in [5, 5.41) is 24.5. The van der Waals surface area contributed by atoms with Crippen molar-refractivity contribution < 1.29 is 30.3 Å². The summed E-state index contributed by atoms with van der Waals surface area (Å²) in [6, 6.07) is 16.5. The van der Waals surface area contributed by atoms with Crippen LogP contribution in [0, 0.1) is 42.6 Å². The number of aliphatic hydroxyl groups is 2. The normalized spacial score (nSPS) is 24.4. The molecule has 4 atom stereocenters. The van der Waals surface area contributed by atoms with Crippen LogP contribution in [-0.4, -0.2) is 27.4 Å². The predicted molar refractivity (Wildman–Crippen MR) is 173 cm³/mol. The number of aryl methyl sites for hydroxylation is 2. The van der Waals surface area contributed by atoms with Crippen LogP contribution in [0.3, 0.4) is 0 Å². The Hall–Kier alpha value is -1.58. The van der Waals surface area contributed by atoms with Gasteiger partial charge in [-0.05, 0) is 95.7 Å². The molecular formula is C38H54IrNO2-. The van der Waals surface area contributed by atoms with Crippen molar-refractivity contribution in [1.82, 2.24) is 4.98 Å². The Morgan fingerprint density at radius 2 is 1.55 bits per heavy atom. The summed E-state index contributed by atoms with van der Waals surface area (Å²) in [6.07, 6.45) is 10.1. The third-order valence-electron chi connectivity index (χ3n) is 11.1. The van der Waals surface area contributed by atoms with Gasteiger partial charge >= 0.3 is 0 Å². The number of pyridine rings is 1. The van der Waals surface area contributed by atoms with E-state index in [-0.39, 0.29) is 49.1 Å². The number of aromatic nitrogens is 1. The average molecular weight is 749 g/mol. The van der Waals surface area contributed by atoms with Gasteiger partial charge in [-0.3, -0.25) is 0 Å². The maximum atomic E-state index is 11.1. The minimum absolute atomic E-state index is 0. The van der Waals surface area contributed by atoms with E-state index in [4.69, 9.17) is 0 Å². The standard InChI is InChI=1S/C20H20N.C18H34O2.Ir/c1-13(2)17-6-5-16-7-8-21-20(19(16)12-17)18-10-14(3)9-15(4)11-18;1-5-17(6-2)11-9-10-13-12-18(7-3,8-4)16(20)14(13)15(17)19;/h5-10,12-13H,1-4H3;13-16,19-20H,5-12H2,1-4H3;/q-1;;. The van der Waals surface area contributed by atoms with Gasteiger partial charge in [0.1, 0.15) is 0 Å². The fourth-order valence-electron chi connectivity index (χ4n) is 8.20. The molecule has 5 rings (SSSR count). The molecule has 0 spiro atoms. The second-order valence-corrected chi connectivity index (χ2v) is 13.5. The number of fused-ring (bicyclic) bond motifs is 2. The largest absolute Gasteiger partial charge is 0.392 e. The van der Waals surface area contributed by atoms with Crippen LogP contribution in [0.5, 0.6) is 0 Å². The van der Waals surface area contributed by atoms with Crippen LogP contribution in [0.15, 0.2) is 42.6 Å². The second kappa shape index (κ2) is 14.5. The van der Waals surface area contributed by atoms with Crippen LogP contribution >= 0.6 is 0 Å². The van der Waals surface area contributed by atoms with E-state index in [1.54, 1.807) is 0 Å². The monoisotopic (exact) mass is 749 g/mol. The van der Waals surface area contributed by atoms with Gasteiger partial charge in [-0.2, -0.15) is 0 Å². The second-order valence-electron chi connectivity index (χ2n) is 13.5. The first-order valence-electron chi connectivity index (χ1n) is 16.3. The third-order valence-corrected chi connectivity index (χ3v) is 11.1.